The van der Waals surface area contributed by atoms with E-state index >= 15 is 0 Å². The minimum atomic E-state index is 0.156. The van der Waals surface area contributed by atoms with Gasteiger partial charge in [-0.1, -0.05) is 43.9 Å². The molecule has 1 heterocycles. The van der Waals surface area contributed by atoms with Crippen molar-refractivity contribution in [2.24, 2.45) is 5.92 Å². The van der Waals surface area contributed by atoms with E-state index in [0.717, 1.165) is 29.2 Å². The second kappa shape index (κ2) is 9.21. The van der Waals surface area contributed by atoms with E-state index in [-0.39, 0.29) is 5.91 Å². The van der Waals surface area contributed by atoms with Crippen molar-refractivity contribution in [2.45, 2.75) is 51.7 Å². The van der Waals surface area contributed by atoms with Gasteiger partial charge in [0.25, 0.3) is 0 Å². The van der Waals surface area contributed by atoms with Crippen molar-refractivity contribution in [3.05, 3.63) is 59.9 Å². The number of amides is 1. The van der Waals surface area contributed by atoms with Gasteiger partial charge in [-0.3, -0.25) is 9.78 Å². The van der Waals surface area contributed by atoms with Crippen molar-refractivity contribution in [2.75, 3.05) is 0 Å². The van der Waals surface area contributed by atoms with Gasteiger partial charge in [-0.25, -0.2) is 0 Å². The molecule has 25 heavy (non-hydrogen) atoms. The predicted octanol–water partition coefficient (Wildman–Crippen LogP) is 4.25. The molecule has 1 saturated carbocycles. The monoisotopic (exact) mass is 338 g/mol. The van der Waals surface area contributed by atoms with Crippen LogP contribution < -0.4 is 10.1 Å². The Balaban J connectivity index is 1.37. The summed E-state index contributed by atoms with van der Waals surface area (Å²) in [7, 11) is 0. The fourth-order valence-electron chi connectivity index (χ4n) is 3.28. The van der Waals surface area contributed by atoms with Crippen molar-refractivity contribution in [1.29, 1.82) is 0 Å². The van der Waals surface area contributed by atoms with Gasteiger partial charge in [-0.15, -0.1) is 0 Å². The van der Waals surface area contributed by atoms with E-state index < -0.39 is 0 Å². The lowest BCUT2D eigenvalue weighted by atomic mass is 10.0. The summed E-state index contributed by atoms with van der Waals surface area (Å²) in [5, 5.41) is 3.01. The molecule has 0 unspecified atom stereocenters. The zero-order chi connectivity index (χ0) is 17.3. The number of ether oxygens (including phenoxy) is 1. The van der Waals surface area contributed by atoms with Gasteiger partial charge in [0.1, 0.15) is 12.4 Å². The molecule has 1 fully saturated rings. The first-order chi connectivity index (χ1) is 12.3. The van der Waals surface area contributed by atoms with Crippen LogP contribution in [0.4, 0.5) is 0 Å². The molecule has 132 valence electrons. The van der Waals surface area contributed by atoms with E-state index in [1.54, 1.807) is 12.4 Å². The van der Waals surface area contributed by atoms with E-state index in [9.17, 15) is 4.79 Å². The first-order valence-corrected chi connectivity index (χ1v) is 9.17. The van der Waals surface area contributed by atoms with Crippen molar-refractivity contribution in [3.63, 3.8) is 0 Å². The summed E-state index contributed by atoms with van der Waals surface area (Å²) in [6.45, 7) is 1.08. The van der Waals surface area contributed by atoms with E-state index in [1.807, 2.05) is 36.4 Å². The summed E-state index contributed by atoms with van der Waals surface area (Å²) in [4.78, 5) is 16.0. The van der Waals surface area contributed by atoms with Gasteiger partial charge in [0.15, 0.2) is 0 Å². The molecule has 0 saturated heterocycles. The molecule has 0 atom stereocenters. The maximum Gasteiger partial charge on any atom is 0.220 e. The Morgan fingerprint density at radius 2 is 1.92 bits per heavy atom. The molecular weight excluding hydrogens is 312 g/mol. The normalized spacial score (nSPS) is 14.4. The molecule has 3 rings (SSSR count). The number of carbonyl (C=O) groups excluding carboxylic acids is 1. The Kier molecular flexibility index (Phi) is 6.43. The number of rotatable bonds is 8. The van der Waals surface area contributed by atoms with Crippen LogP contribution in [-0.2, 0) is 17.9 Å². The summed E-state index contributed by atoms with van der Waals surface area (Å²) < 4.78 is 5.74. The first kappa shape index (κ1) is 17.5. The van der Waals surface area contributed by atoms with Crippen molar-refractivity contribution >= 4 is 5.91 Å². The topological polar surface area (TPSA) is 51.2 Å². The maximum absolute atomic E-state index is 12.0. The van der Waals surface area contributed by atoms with Crippen LogP contribution in [0.1, 0.15) is 49.7 Å². The Morgan fingerprint density at radius 3 is 2.64 bits per heavy atom. The lowest BCUT2D eigenvalue weighted by Crippen LogP contribution is -2.22. The van der Waals surface area contributed by atoms with Crippen LogP contribution >= 0.6 is 0 Å². The summed E-state index contributed by atoms with van der Waals surface area (Å²) in [5.74, 6) is 1.74. The third-order valence-corrected chi connectivity index (χ3v) is 4.80. The predicted molar refractivity (Wildman–Crippen MR) is 98.0 cm³/mol. The second-order valence-corrected chi connectivity index (χ2v) is 6.76. The molecule has 0 spiro atoms. The Morgan fingerprint density at radius 1 is 1.12 bits per heavy atom. The SMILES string of the molecule is O=C(CCC1CCCC1)NCc1ccc(OCc2cccnc2)cc1. The van der Waals surface area contributed by atoms with E-state index in [0.29, 0.717) is 19.6 Å². The zero-order valence-corrected chi connectivity index (χ0v) is 14.6. The molecule has 4 heteroatoms. The smallest absolute Gasteiger partial charge is 0.220 e. The van der Waals surface area contributed by atoms with Gasteiger partial charge in [0, 0.05) is 30.9 Å². The number of carbonyl (C=O) groups is 1. The molecule has 2 aromatic rings. The quantitative estimate of drug-likeness (QED) is 0.783. The van der Waals surface area contributed by atoms with Gasteiger partial charge < -0.3 is 10.1 Å². The number of aromatic nitrogens is 1. The Labute approximate surface area is 149 Å². The summed E-state index contributed by atoms with van der Waals surface area (Å²) in [5.41, 5.74) is 2.13. The number of nitrogens with zero attached hydrogens (tertiary/aromatic N) is 1. The van der Waals surface area contributed by atoms with Gasteiger partial charge >= 0.3 is 0 Å². The maximum atomic E-state index is 12.0. The lowest BCUT2D eigenvalue weighted by Gasteiger charge is -2.10. The van der Waals surface area contributed by atoms with Crippen LogP contribution in [0.15, 0.2) is 48.8 Å². The van der Waals surface area contributed by atoms with Gasteiger partial charge in [-0.05, 0) is 36.1 Å². The molecule has 1 N–H and O–H groups in total. The molecule has 1 amide bonds. The molecular formula is C21H26N2O2. The third-order valence-electron chi connectivity index (χ3n) is 4.80. The Bertz CT molecular complexity index is 649. The van der Waals surface area contributed by atoms with Crippen molar-refractivity contribution in [1.82, 2.24) is 10.3 Å². The molecule has 1 aliphatic carbocycles. The fraction of sp³-hybridized carbons (Fsp3) is 0.429. The van der Waals surface area contributed by atoms with Crippen molar-refractivity contribution in [3.8, 4) is 5.75 Å². The molecule has 4 nitrogen and oxygen atoms in total. The fourth-order valence-corrected chi connectivity index (χ4v) is 3.28. The standard InChI is InChI=1S/C21H26N2O2/c24-21(12-9-17-4-1-2-5-17)23-15-18-7-10-20(11-8-18)25-16-19-6-3-13-22-14-19/h3,6-8,10-11,13-14,17H,1-2,4-5,9,12,15-16H2,(H,23,24). The number of hydrogen-bond acceptors (Lipinski definition) is 3. The number of pyridine rings is 1. The minimum absolute atomic E-state index is 0.156. The first-order valence-electron chi connectivity index (χ1n) is 9.17. The number of hydrogen-bond donors (Lipinski definition) is 1. The van der Waals surface area contributed by atoms with Crippen LogP contribution in [0.2, 0.25) is 0 Å². The summed E-state index contributed by atoms with van der Waals surface area (Å²) in [6.07, 6.45) is 10.5. The van der Waals surface area contributed by atoms with E-state index in [2.05, 4.69) is 10.3 Å². The highest BCUT2D eigenvalue weighted by atomic mass is 16.5. The second-order valence-electron chi connectivity index (χ2n) is 6.76. The lowest BCUT2D eigenvalue weighted by molar-refractivity contribution is -0.121. The average Bonchev–Trinajstić information content (AvgIpc) is 3.18. The summed E-state index contributed by atoms with van der Waals surface area (Å²) >= 11 is 0. The molecule has 0 aliphatic heterocycles. The van der Waals surface area contributed by atoms with Crippen LogP contribution in [0.3, 0.4) is 0 Å². The van der Waals surface area contributed by atoms with Crippen molar-refractivity contribution < 1.29 is 9.53 Å². The number of benzene rings is 1. The average molecular weight is 338 g/mol. The molecule has 1 aliphatic rings. The van der Waals surface area contributed by atoms with Crippen LogP contribution in [-0.4, -0.2) is 10.9 Å². The molecule has 0 bridgehead atoms. The van der Waals surface area contributed by atoms with Crippen LogP contribution in [0, 0.1) is 5.92 Å². The Hall–Kier alpha value is -2.36. The van der Waals surface area contributed by atoms with Gasteiger partial charge in [-0.2, -0.15) is 0 Å². The van der Waals surface area contributed by atoms with Gasteiger partial charge in [0.2, 0.25) is 5.91 Å². The zero-order valence-electron chi connectivity index (χ0n) is 14.6. The number of nitrogens with one attached hydrogen (secondary N) is 1. The highest BCUT2D eigenvalue weighted by Gasteiger charge is 2.15. The van der Waals surface area contributed by atoms with E-state index in [1.165, 1.54) is 25.7 Å². The minimum Gasteiger partial charge on any atom is -0.489 e. The highest BCUT2D eigenvalue weighted by Crippen LogP contribution is 2.28. The largest absolute Gasteiger partial charge is 0.489 e. The highest BCUT2D eigenvalue weighted by molar-refractivity contribution is 5.75. The van der Waals surface area contributed by atoms with Gasteiger partial charge in [0.05, 0.1) is 0 Å². The molecule has 0 radical (unpaired) electrons. The van der Waals surface area contributed by atoms with E-state index in [4.69, 9.17) is 4.74 Å². The molecule has 1 aromatic carbocycles. The third kappa shape index (κ3) is 5.89. The van der Waals surface area contributed by atoms with Crippen LogP contribution in [0.25, 0.3) is 0 Å². The summed E-state index contributed by atoms with van der Waals surface area (Å²) in [6, 6.07) is 11.8. The molecule has 1 aromatic heterocycles. The van der Waals surface area contributed by atoms with Crippen LogP contribution in [0.5, 0.6) is 5.75 Å².